The fourth-order valence-corrected chi connectivity index (χ4v) is 2.56. The molecular weight excluding hydrogens is 330 g/mol. The van der Waals surface area contributed by atoms with Crippen LogP contribution in [0.2, 0.25) is 0 Å². The third kappa shape index (κ3) is 5.60. The first-order chi connectivity index (χ1) is 12.5. The monoisotopic (exact) mass is 355 g/mol. The molecule has 0 unspecified atom stereocenters. The molecule has 0 aliphatic heterocycles. The van der Waals surface area contributed by atoms with E-state index in [9.17, 15) is 9.59 Å². The van der Waals surface area contributed by atoms with Gasteiger partial charge in [0, 0.05) is 19.2 Å². The van der Waals surface area contributed by atoms with Gasteiger partial charge >= 0.3 is 0 Å². The molecule has 0 fully saturated rings. The zero-order valence-electron chi connectivity index (χ0n) is 15.4. The van der Waals surface area contributed by atoms with Crippen LogP contribution in [0, 0.1) is 0 Å². The minimum absolute atomic E-state index is 0.110. The Kier molecular flexibility index (Phi) is 7.17. The summed E-state index contributed by atoms with van der Waals surface area (Å²) in [6, 6.07) is 14.7. The standard InChI is InChI=1S/C20H25N3O3/c1-4-26-18-8-6-5-7-17(18)22-19(24)14-23(3)13-15-9-11-16(12-10-15)20(25)21-2/h5-12H,4,13-14H2,1-3H3,(H,21,25)(H,22,24). The highest BCUT2D eigenvalue weighted by molar-refractivity contribution is 5.94. The third-order valence-electron chi connectivity index (χ3n) is 3.77. The number of hydrogen-bond donors (Lipinski definition) is 2. The highest BCUT2D eigenvalue weighted by atomic mass is 16.5. The minimum atomic E-state index is -0.114. The second-order valence-electron chi connectivity index (χ2n) is 5.93. The van der Waals surface area contributed by atoms with E-state index in [2.05, 4.69) is 10.6 Å². The molecule has 0 saturated heterocycles. The van der Waals surface area contributed by atoms with Crippen LogP contribution in [-0.2, 0) is 11.3 Å². The van der Waals surface area contributed by atoms with E-state index in [-0.39, 0.29) is 18.4 Å². The van der Waals surface area contributed by atoms with Crippen LogP contribution in [0.1, 0.15) is 22.8 Å². The van der Waals surface area contributed by atoms with Gasteiger partial charge < -0.3 is 15.4 Å². The molecule has 2 aromatic rings. The average Bonchev–Trinajstić information content (AvgIpc) is 2.63. The minimum Gasteiger partial charge on any atom is -0.492 e. The molecule has 0 atom stereocenters. The van der Waals surface area contributed by atoms with Gasteiger partial charge in [0.25, 0.3) is 5.91 Å². The maximum absolute atomic E-state index is 12.3. The van der Waals surface area contributed by atoms with Crippen molar-refractivity contribution in [2.24, 2.45) is 0 Å². The number of hydrogen-bond acceptors (Lipinski definition) is 4. The lowest BCUT2D eigenvalue weighted by Crippen LogP contribution is -2.30. The maximum atomic E-state index is 12.3. The van der Waals surface area contributed by atoms with Crippen molar-refractivity contribution in [3.05, 3.63) is 59.7 Å². The number of benzene rings is 2. The molecule has 6 heteroatoms. The number of amides is 2. The number of rotatable bonds is 8. The molecule has 26 heavy (non-hydrogen) atoms. The first-order valence-electron chi connectivity index (χ1n) is 8.54. The lowest BCUT2D eigenvalue weighted by molar-refractivity contribution is -0.117. The van der Waals surface area contributed by atoms with Gasteiger partial charge in [-0.25, -0.2) is 0 Å². The Bertz CT molecular complexity index is 744. The van der Waals surface area contributed by atoms with E-state index in [1.54, 1.807) is 19.2 Å². The van der Waals surface area contributed by atoms with E-state index in [1.807, 2.05) is 55.3 Å². The van der Waals surface area contributed by atoms with Crippen LogP contribution in [0.25, 0.3) is 0 Å². The van der Waals surface area contributed by atoms with Crippen molar-refractivity contribution in [3.8, 4) is 5.75 Å². The van der Waals surface area contributed by atoms with Crippen LogP contribution >= 0.6 is 0 Å². The molecule has 138 valence electrons. The number of nitrogens with zero attached hydrogens (tertiary/aromatic N) is 1. The average molecular weight is 355 g/mol. The highest BCUT2D eigenvalue weighted by Crippen LogP contribution is 2.23. The quantitative estimate of drug-likeness (QED) is 0.763. The van der Waals surface area contributed by atoms with E-state index in [0.717, 1.165) is 5.56 Å². The summed E-state index contributed by atoms with van der Waals surface area (Å²) < 4.78 is 5.52. The van der Waals surface area contributed by atoms with E-state index in [1.165, 1.54) is 0 Å². The molecule has 6 nitrogen and oxygen atoms in total. The Morgan fingerprint density at radius 2 is 1.77 bits per heavy atom. The van der Waals surface area contributed by atoms with Crippen molar-refractivity contribution >= 4 is 17.5 Å². The summed E-state index contributed by atoms with van der Waals surface area (Å²) in [5, 5.41) is 5.48. The number of nitrogens with one attached hydrogen (secondary N) is 2. The fraction of sp³-hybridized carbons (Fsp3) is 0.300. The molecule has 2 rings (SSSR count). The lowest BCUT2D eigenvalue weighted by Gasteiger charge is -2.17. The summed E-state index contributed by atoms with van der Waals surface area (Å²) >= 11 is 0. The summed E-state index contributed by atoms with van der Waals surface area (Å²) in [5.41, 5.74) is 2.31. The number of para-hydroxylation sites is 2. The van der Waals surface area contributed by atoms with Crippen molar-refractivity contribution in [1.82, 2.24) is 10.2 Å². The Hall–Kier alpha value is -2.86. The van der Waals surface area contributed by atoms with Gasteiger partial charge in [0.15, 0.2) is 0 Å². The van der Waals surface area contributed by atoms with Gasteiger partial charge in [-0.15, -0.1) is 0 Å². The van der Waals surface area contributed by atoms with Crippen LogP contribution in [0.15, 0.2) is 48.5 Å². The van der Waals surface area contributed by atoms with Crippen molar-refractivity contribution in [1.29, 1.82) is 0 Å². The zero-order chi connectivity index (χ0) is 18.9. The van der Waals surface area contributed by atoms with E-state index in [4.69, 9.17) is 4.74 Å². The van der Waals surface area contributed by atoms with Crippen LogP contribution < -0.4 is 15.4 Å². The third-order valence-corrected chi connectivity index (χ3v) is 3.77. The molecule has 2 aromatic carbocycles. The fourth-order valence-electron chi connectivity index (χ4n) is 2.56. The van der Waals surface area contributed by atoms with Crippen molar-refractivity contribution in [2.45, 2.75) is 13.5 Å². The van der Waals surface area contributed by atoms with Gasteiger partial charge in [0.05, 0.1) is 18.8 Å². The molecule has 0 aliphatic rings. The van der Waals surface area contributed by atoms with Gasteiger partial charge in [-0.1, -0.05) is 24.3 Å². The molecule has 2 N–H and O–H groups in total. The summed E-state index contributed by atoms with van der Waals surface area (Å²) in [7, 11) is 3.48. The second-order valence-corrected chi connectivity index (χ2v) is 5.93. The van der Waals surface area contributed by atoms with Gasteiger partial charge in [-0.2, -0.15) is 0 Å². The molecule has 0 bridgehead atoms. The van der Waals surface area contributed by atoms with Gasteiger partial charge in [-0.05, 0) is 43.8 Å². The van der Waals surface area contributed by atoms with E-state index in [0.29, 0.717) is 30.2 Å². The van der Waals surface area contributed by atoms with Crippen LogP contribution in [0.4, 0.5) is 5.69 Å². The smallest absolute Gasteiger partial charge is 0.251 e. The Morgan fingerprint density at radius 1 is 1.08 bits per heavy atom. The van der Waals surface area contributed by atoms with Crippen molar-refractivity contribution < 1.29 is 14.3 Å². The number of carbonyl (C=O) groups excluding carboxylic acids is 2. The number of carbonyl (C=O) groups is 2. The first kappa shape index (κ1) is 19.5. The second kappa shape index (κ2) is 9.58. The van der Waals surface area contributed by atoms with Gasteiger partial charge in [0.1, 0.15) is 5.75 Å². The van der Waals surface area contributed by atoms with E-state index < -0.39 is 0 Å². The van der Waals surface area contributed by atoms with Crippen LogP contribution in [0.3, 0.4) is 0 Å². The SMILES string of the molecule is CCOc1ccccc1NC(=O)CN(C)Cc1ccc(C(=O)NC)cc1. The number of likely N-dealkylation sites (N-methyl/N-ethyl adjacent to an activating group) is 1. The highest BCUT2D eigenvalue weighted by Gasteiger charge is 2.11. The summed E-state index contributed by atoms with van der Waals surface area (Å²) in [6.07, 6.45) is 0. The number of anilines is 1. The lowest BCUT2D eigenvalue weighted by atomic mass is 10.1. The normalized spacial score (nSPS) is 10.5. The topological polar surface area (TPSA) is 70.7 Å². The summed E-state index contributed by atoms with van der Waals surface area (Å²) in [6.45, 7) is 3.30. The zero-order valence-corrected chi connectivity index (χ0v) is 15.4. The molecule has 0 spiro atoms. The predicted octanol–water partition coefficient (Wildman–Crippen LogP) is 2.52. The molecule has 0 radical (unpaired) electrons. The van der Waals surface area contributed by atoms with Crippen molar-refractivity contribution in [3.63, 3.8) is 0 Å². The largest absolute Gasteiger partial charge is 0.492 e. The first-order valence-corrected chi connectivity index (χ1v) is 8.54. The Balaban J connectivity index is 1.90. The van der Waals surface area contributed by atoms with E-state index >= 15 is 0 Å². The number of ether oxygens (including phenoxy) is 1. The molecule has 0 heterocycles. The van der Waals surface area contributed by atoms with Gasteiger partial charge in [-0.3, -0.25) is 14.5 Å². The maximum Gasteiger partial charge on any atom is 0.251 e. The summed E-state index contributed by atoms with van der Waals surface area (Å²) in [4.78, 5) is 25.8. The Labute approximate surface area is 154 Å². The summed E-state index contributed by atoms with van der Waals surface area (Å²) in [5.74, 6) is 0.440. The van der Waals surface area contributed by atoms with Crippen LogP contribution in [0.5, 0.6) is 5.75 Å². The molecule has 0 aromatic heterocycles. The molecule has 0 saturated carbocycles. The Morgan fingerprint density at radius 3 is 2.42 bits per heavy atom. The molecule has 2 amide bonds. The molecular formula is C20H25N3O3. The van der Waals surface area contributed by atoms with Gasteiger partial charge in [0.2, 0.25) is 5.91 Å². The van der Waals surface area contributed by atoms with Crippen LogP contribution in [-0.4, -0.2) is 44.0 Å². The van der Waals surface area contributed by atoms with Crippen molar-refractivity contribution in [2.75, 3.05) is 32.6 Å². The molecule has 0 aliphatic carbocycles. The predicted molar refractivity (Wildman–Crippen MR) is 102 cm³/mol.